The van der Waals surface area contributed by atoms with Crippen molar-refractivity contribution in [3.05, 3.63) is 175 Å². The Bertz CT molecular complexity index is 3070. The highest BCUT2D eigenvalue weighted by molar-refractivity contribution is 6.22. The van der Waals surface area contributed by atoms with Gasteiger partial charge in [0.1, 0.15) is 22.4 Å². The molecule has 0 amide bonds. The molecule has 4 heterocycles. The quantitative estimate of drug-likeness (QED) is 0.180. The first-order valence-electron chi connectivity index (χ1n) is 18.4. The summed E-state index contributed by atoms with van der Waals surface area (Å²) in [6, 6.07) is 54.6. The molecule has 0 saturated heterocycles. The molecule has 0 N–H and O–H groups in total. The summed E-state index contributed by atoms with van der Waals surface area (Å²) in [5, 5.41) is 3.67. The summed E-state index contributed by atoms with van der Waals surface area (Å²) in [4.78, 5) is 21.3. The molecule has 0 atom stereocenters. The number of aromatic nitrogens is 6. The minimum Gasteiger partial charge on any atom is -0.310 e. The number of fused-ring (bicyclic) bond motifs is 8. The first-order valence-corrected chi connectivity index (χ1v) is 18.4. The van der Waals surface area contributed by atoms with Crippen molar-refractivity contribution in [2.75, 3.05) is 0 Å². The van der Waals surface area contributed by atoms with Crippen LogP contribution in [0.2, 0.25) is 0 Å². The van der Waals surface area contributed by atoms with E-state index in [0.29, 0.717) is 22.8 Å². The van der Waals surface area contributed by atoms with Crippen LogP contribution in [0, 0.1) is 0 Å². The van der Waals surface area contributed by atoms with E-state index in [4.69, 9.17) is 19.9 Å². The van der Waals surface area contributed by atoms with Crippen molar-refractivity contribution in [1.29, 1.82) is 0 Å². The molecule has 1 aliphatic rings. The zero-order valence-electron chi connectivity index (χ0n) is 29.3. The van der Waals surface area contributed by atoms with E-state index < -0.39 is 0 Å². The topological polar surface area (TPSA) is 61.4 Å². The minimum atomic E-state index is 0.580. The lowest BCUT2D eigenvalue weighted by Crippen LogP contribution is -2.06. The third-order valence-electron chi connectivity index (χ3n) is 10.6. The smallest absolute Gasteiger partial charge is 0.236 e. The van der Waals surface area contributed by atoms with Crippen molar-refractivity contribution in [3.63, 3.8) is 0 Å². The number of hydrogen-bond donors (Lipinski definition) is 0. The van der Waals surface area contributed by atoms with Crippen LogP contribution in [0.15, 0.2) is 164 Å². The summed E-state index contributed by atoms with van der Waals surface area (Å²) in [6.07, 6.45) is 6.58. The van der Waals surface area contributed by atoms with Crippen LogP contribution >= 0.6 is 0 Å². The SMILES string of the molecule is C1=Cc2c(c3c4c5ccccc5n(-c5nc(-c6ccccc6)c6nc(-c7ccccc7)nc(-c7ccccc7)c6n5)c4ccc3n2-c2ccccc2)CC1. The number of rotatable bonds is 5. The fourth-order valence-electron chi connectivity index (χ4n) is 8.27. The molecule has 0 saturated carbocycles. The van der Waals surface area contributed by atoms with Crippen molar-refractivity contribution in [2.24, 2.45) is 0 Å². The monoisotopic (exact) mass is 692 g/mol. The van der Waals surface area contributed by atoms with Gasteiger partial charge in [-0.2, -0.15) is 0 Å². The molecule has 0 bridgehead atoms. The average molecular weight is 693 g/mol. The van der Waals surface area contributed by atoms with Gasteiger partial charge in [-0.3, -0.25) is 4.57 Å². The van der Waals surface area contributed by atoms with Crippen molar-refractivity contribution in [3.8, 4) is 45.5 Å². The van der Waals surface area contributed by atoms with E-state index in [0.717, 1.165) is 57.6 Å². The molecule has 0 fully saturated rings. The summed E-state index contributed by atoms with van der Waals surface area (Å²) < 4.78 is 4.65. The Morgan fingerprint density at radius 1 is 0.444 bits per heavy atom. The van der Waals surface area contributed by atoms with Crippen LogP contribution in [-0.2, 0) is 6.42 Å². The van der Waals surface area contributed by atoms with Crippen LogP contribution in [0.3, 0.4) is 0 Å². The van der Waals surface area contributed by atoms with Crippen molar-refractivity contribution < 1.29 is 0 Å². The Morgan fingerprint density at radius 2 is 1.02 bits per heavy atom. The van der Waals surface area contributed by atoms with E-state index in [1.54, 1.807) is 0 Å². The second-order valence-corrected chi connectivity index (χ2v) is 13.7. The van der Waals surface area contributed by atoms with E-state index in [9.17, 15) is 0 Å². The number of allylic oxidation sites excluding steroid dienone is 1. The maximum atomic E-state index is 5.45. The summed E-state index contributed by atoms with van der Waals surface area (Å²) in [6.45, 7) is 0. The molecule has 6 heteroatoms. The second-order valence-electron chi connectivity index (χ2n) is 13.7. The zero-order valence-corrected chi connectivity index (χ0v) is 29.3. The zero-order chi connectivity index (χ0) is 35.6. The second kappa shape index (κ2) is 12.2. The highest BCUT2D eigenvalue weighted by Gasteiger charge is 2.26. The van der Waals surface area contributed by atoms with Crippen LogP contribution in [0.4, 0.5) is 0 Å². The van der Waals surface area contributed by atoms with Crippen molar-refractivity contribution in [1.82, 2.24) is 29.1 Å². The number of aryl methyl sites for hydroxylation is 1. The number of hydrogen-bond acceptors (Lipinski definition) is 4. The van der Waals surface area contributed by atoms with Gasteiger partial charge in [0.25, 0.3) is 0 Å². The average Bonchev–Trinajstić information content (AvgIpc) is 3.77. The van der Waals surface area contributed by atoms with E-state index in [2.05, 4.69) is 112 Å². The van der Waals surface area contributed by atoms with E-state index >= 15 is 0 Å². The molecule has 0 radical (unpaired) electrons. The molecule has 0 aliphatic heterocycles. The Hall–Kier alpha value is -7.18. The van der Waals surface area contributed by atoms with E-state index in [-0.39, 0.29) is 0 Å². The third kappa shape index (κ3) is 4.67. The number of nitrogens with zero attached hydrogens (tertiary/aromatic N) is 6. The fraction of sp³-hybridized carbons (Fsp3) is 0.0417. The largest absolute Gasteiger partial charge is 0.310 e. The van der Waals surface area contributed by atoms with Gasteiger partial charge in [0.05, 0.1) is 16.6 Å². The Kier molecular flexibility index (Phi) is 6.89. The van der Waals surface area contributed by atoms with Gasteiger partial charge in [-0.25, -0.2) is 19.9 Å². The first-order chi connectivity index (χ1) is 26.8. The summed E-state index contributed by atoms with van der Waals surface area (Å²) >= 11 is 0. The highest BCUT2D eigenvalue weighted by Crippen LogP contribution is 2.43. The molecule has 10 aromatic rings. The lowest BCUT2D eigenvalue weighted by atomic mass is 9.98. The number of benzene rings is 6. The van der Waals surface area contributed by atoms with E-state index in [1.807, 2.05) is 66.7 Å². The molecule has 6 aromatic carbocycles. The van der Waals surface area contributed by atoms with Gasteiger partial charge in [-0.15, -0.1) is 0 Å². The summed E-state index contributed by atoms with van der Waals surface area (Å²) in [7, 11) is 0. The Balaban J connectivity index is 1.27. The maximum absolute atomic E-state index is 5.45. The van der Waals surface area contributed by atoms with Gasteiger partial charge in [-0.05, 0) is 54.8 Å². The number of para-hydroxylation sites is 2. The molecule has 0 spiro atoms. The Labute approximate surface area is 311 Å². The normalized spacial score (nSPS) is 12.6. The minimum absolute atomic E-state index is 0.580. The van der Waals surface area contributed by atoms with Crippen LogP contribution in [0.5, 0.6) is 0 Å². The molecule has 1 aliphatic carbocycles. The molecule has 11 rings (SSSR count). The standard InChI is InChI=1S/C48H32N6/c1-5-17-31(18-6-1)43-46-45(50-47(49-43)33-21-9-3-10-22-33)44(32-19-7-2-8-20-32)51-48(52-46)54-38-28-16-14-26-36(38)42-40(54)30-29-39-41(42)35-25-13-15-27-37(35)53(39)34-23-11-4-12-24-34/h1-12,14-24,26-30H,13,25H2. The lowest BCUT2D eigenvalue weighted by Gasteiger charge is -2.15. The van der Waals surface area contributed by atoms with Crippen molar-refractivity contribution >= 4 is 49.8 Å². The predicted molar refractivity (Wildman–Crippen MR) is 220 cm³/mol. The van der Waals surface area contributed by atoms with Gasteiger partial charge < -0.3 is 4.57 Å². The van der Waals surface area contributed by atoms with Crippen LogP contribution in [-0.4, -0.2) is 29.1 Å². The summed E-state index contributed by atoms with van der Waals surface area (Å²) in [5.74, 6) is 1.22. The highest BCUT2D eigenvalue weighted by atomic mass is 15.2. The third-order valence-corrected chi connectivity index (χ3v) is 10.6. The fourth-order valence-corrected chi connectivity index (χ4v) is 8.27. The molecule has 6 nitrogen and oxygen atoms in total. The van der Waals surface area contributed by atoms with Gasteiger partial charge in [-0.1, -0.05) is 133 Å². The van der Waals surface area contributed by atoms with Gasteiger partial charge in [0.15, 0.2) is 5.82 Å². The lowest BCUT2D eigenvalue weighted by molar-refractivity contribution is 0.968. The van der Waals surface area contributed by atoms with Crippen LogP contribution in [0.1, 0.15) is 17.7 Å². The molecular weight excluding hydrogens is 661 g/mol. The molecule has 254 valence electrons. The van der Waals surface area contributed by atoms with Gasteiger partial charge in [0.2, 0.25) is 5.95 Å². The Morgan fingerprint density at radius 3 is 1.72 bits per heavy atom. The molecule has 54 heavy (non-hydrogen) atoms. The van der Waals surface area contributed by atoms with Crippen molar-refractivity contribution in [2.45, 2.75) is 12.8 Å². The molecular formula is C48H32N6. The van der Waals surface area contributed by atoms with E-state index in [1.165, 1.54) is 32.9 Å². The first kappa shape index (κ1) is 30.4. The van der Waals surface area contributed by atoms with Crippen LogP contribution in [0.25, 0.3) is 95.4 Å². The van der Waals surface area contributed by atoms with Gasteiger partial charge >= 0.3 is 0 Å². The summed E-state index contributed by atoms with van der Waals surface area (Å²) in [5.41, 5.74) is 12.9. The predicted octanol–water partition coefficient (Wildman–Crippen LogP) is 11.4. The molecule has 4 aromatic heterocycles. The maximum Gasteiger partial charge on any atom is 0.236 e. The van der Waals surface area contributed by atoms with Gasteiger partial charge in [0, 0.05) is 44.2 Å². The van der Waals surface area contributed by atoms with Crippen LogP contribution < -0.4 is 0 Å². The molecule has 0 unspecified atom stereocenters.